The first-order chi connectivity index (χ1) is 15.9. The SMILES string of the molecule is COc1cccc(C[C@]2(C3CCN(Cc4ccc(O)c(OC)c4)CC3)NC(=O)N(C)C2=O)c1. The summed E-state index contributed by atoms with van der Waals surface area (Å²) in [6.07, 6.45) is 2.01. The van der Waals surface area contributed by atoms with Gasteiger partial charge in [-0.1, -0.05) is 18.2 Å². The summed E-state index contributed by atoms with van der Waals surface area (Å²) in [5, 5.41) is 12.9. The van der Waals surface area contributed by atoms with E-state index in [4.69, 9.17) is 9.47 Å². The summed E-state index contributed by atoms with van der Waals surface area (Å²) in [7, 11) is 4.69. The largest absolute Gasteiger partial charge is 0.504 e. The Morgan fingerprint density at radius 1 is 1.06 bits per heavy atom. The Kier molecular flexibility index (Phi) is 6.47. The number of carbonyl (C=O) groups excluding carboxylic acids is 2. The average Bonchev–Trinajstić information content (AvgIpc) is 3.05. The molecule has 2 aromatic rings. The molecule has 33 heavy (non-hydrogen) atoms. The molecule has 0 aliphatic carbocycles. The van der Waals surface area contributed by atoms with Crippen LogP contribution in [0, 0.1) is 5.92 Å². The molecule has 8 nitrogen and oxygen atoms in total. The molecule has 2 aromatic carbocycles. The van der Waals surface area contributed by atoms with E-state index >= 15 is 0 Å². The van der Waals surface area contributed by atoms with Crippen LogP contribution in [-0.4, -0.2) is 66.7 Å². The molecular formula is C25H31N3O5. The second-order valence-electron chi connectivity index (χ2n) is 8.85. The second kappa shape index (κ2) is 9.31. The summed E-state index contributed by atoms with van der Waals surface area (Å²) >= 11 is 0. The summed E-state index contributed by atoms with van der Waals surface area (Å²) in [6, 6.07) is 12.7. The molecule has 1 atom stereocenters. The van der Waals surface area contributed by atoms with E-state index in [1.54, 1.807) is 20.2 Å². The van der Waals surface area contributed by atoms with Gasteiger partial charge in [-0.3, -0.25) is 14.6 Å². The molecule has 2 fully saturated rings. The predicted molar refractivity (Wildman–Crippen MR) is 123 cm³/mol. The van der Waals surface area contributed by atoms with Crippen molar-refractivity contribution < 1.29 is 24.2 Å². The zero-order chi connectivity index (χ0) is 23.6. The van der Waals surface area contributed by atoms with Crippen molar-refractivity contribution in [1.29, 1.82) is 0 Å². The highest BCUT2D eigenvalue weighted by atomic mass is 16.5. The number of ether oxygens (including phenoxy) is 2. The molecule has 0 saturated carbocycles. The molecule has 2 N–H and O–H groups in total. The number of imide groups is 1. The zero-order valence-corrected chi connectivity index (χ0v) is 19.3. The van der Waals surface area contributed by atoms with Crippen molar-refractivity contribution in [3.05, 3.63) is 53.6 Å². The van der Waals surface area contributed by atoms with Gasteiger partial charge in [-0.05, 0) is 67.2 Å². The van der Waals surface area contributed by atoms with Gasteiger partial charge in [0.25, 0.3) is 5.91 Å². The van der Waals surface area contributed by atoms with Crippen LogP contribution in [0.2, 0.25) is 0 Å². The van der Waals surface area contributed by atoms with Gasteiger partial charge in [-0.15, -0.1) is 0 Å². The Hall–Kier alpha value is -3.26. The molecule has 2 aliphatic heterocycles. The van der Waals surface area contributed by atoms with Gasteiger partial charge in [0, 0.05) is 20.0 Å². The van der Waals surface area contributed by atoms with Gasteiger partial charge in [0.05, 0.1) is 14.2 Å². The zero-order valence-electron chi connectivity index (χ0n) is 19.3. The smallest absolute Gasteiger partial charge is 0.324 e. The van der Waals surface area contributed by atoms with E-state index in [0.29, 0.717) is 12.2 Å². The summed E-state index contributed by atoms with van der Waals surface area (Å²) in [5.41, 5.74) is 1.06. The summed E-state index contributed by atoms with van der Waals surface area (Å²) in [6.45, 7) is 2.34. The lowest BCUT2D eigenvalue weighted by atomic mass is 9.74. The number of amides is 3. The standard InChI is InChI=1S/C25H31N3O5/c1-27-23(30)25(26-24(27)31,15-17-5-4-6-20(13-17)32-2)19-9-11-28(12-10-19)16-18-7-8-21(29)22(14-18)33-3/h4-8,13-14,19,29H,9-12,15-16H2,1-3H3,(H,26,31)/t25-/m1/s1. The van der Waals surface area contributed by atoms with Crippen LogP contribution >= 0.6 is 0 Å². The predicted octanol–water partition coefficient (Wildman–Crippen LogP) is 2.78. The van der Waals surface area contributed by atoms with Crippen LogP contribution in [0.4, 0.5) is 4.79 Å². The third kappa shape index (κ3) is 4.48. The molecular weight excluding hydrogens is 422 g/mol. The van der Waals surface area contributed by atoms with E-state index in [1.807, 2.05) is 36.4 Å². The van der Waals surface area contributed by atoms with E-state index < -0.39 is 5.54 Å². The van der Waals surface area contributed by atoms with Crippen molar-refractivity contribution in [3.8, 4) is 17.2 Å². The highest BCUT2D eigenvalue weighted by Crippen LogP contribution is 2.37. The fourth-order valence-corrected chi connectivity index (χ4v) is 5.03. The maximum Gasteiger partial charge on any atom is 0.324 e. The van der Waals surface area contributed by atoms with Crippen molar-refractivity contribution in [3.63, 3.8) is 0 Å². The molecule has 0 bridgehead atoms. The van der Waals surface area contributed by atoms with Crippen LogP contribution in [0.15, 0.2) is 42.5 Å². The van der Waals surface area contributed by atoms with Gasteiger partial charge in [-0.2, -0.15) is 0 Å². The number of carbonyl (C=O) groups is 2. The van der Waals surface area contributed by atoms with Gasteiger partial charge >= 0.3 is 6.03 Å². The molecule has 4 rings (SSSR count). The third-order valence-corrected chi connectivity index (χ3v) is 6.87. The van der Waals surface area contributed by atoms with Crippen LogP contribution in [0.3, 0.4) is 0 Å². The first-order valence-electron chi connectivity index (χ1n) is 11.2. The minimum atomic E-state index is -0.952. The molecule has 0 radical (unpaired) electrons. The maximum atomic E-state index is 13.3. The van der Waals surface area contributed by atoms with Gasteiger partial charge in [0.1, 0.15) is 11.3 Å². The average molecular weight is 454 g/mol. The molecule has 0 spiro atoms. The van der Waals surface area contributed by atoms with E-state index in [0.717, 1.165) is 49.4 Å². The van der Waals surface area contributed by atoms with Crippen molar-refractivity contribution in [1.82, 2.24) is 15.1 Å². The van der Waals surface area contributed by atoms with Crippen molar-refractivity contribution >= 4 is 11.9 Å². The number of nitrogens with one attached hydrogen (secondary N) is 1. The molecule has 0 unspecified atom stereocenters. The Labute approximate surface area is 194 Å². The van der Waals surface area contributed by atoms with Gasteiger partial charge in [0.15, 0.2) is 11.5 Å². The maximum absolute atomic E-state index is 13.3. The van der Waals surface area contributed by atoms with E-state index in [9.17, 15) is 14.7 Å². The minimum absolute atomic E-state index is 0.0238. The molecule has 2 saturated heterocycles. The number of hydrogen-bond acceptors (Lipinski definition) is 6. The van der Waals surface area contributed by atoms with Crippen molar-refractivity contribution in [2.24, 2.45) is 5.92 Å². The third-order valence-electron chi connectivity index (χ3n) is 6.87. The van der Waals surface area contributed by atoms with Crippen molar-refractivity contribution in [2.75, 3.05) is 34.4 Å². The van der Waals surface area contributed by atoms with E-state index in [-0.39, 0.29) is 23.6 Å². The lowest BCUT2D eigenvalue weighted by molar-refractivity contribution is -0.133. The lowest BCUT2D eigenvalue weighted by Crippen LogP contribution is -2.57. The van der Waals surface area contributed by atoms with Crippen LogP contribution in [0.1, 0.15) is 24.0 Å². The number of phenolic OH excluding ortho intramolecular Hbond substituents is 1. The van der Waals surface area contributed by atoms with Crippen LogP contribution < -0.4 is 14.8 Å². The molecule has 2 heterocycles. The second-order valence-corrected chi connectivity index (χ2v) is 8.85. The Bertz CT molecular complexity index is 1030. The summed E-state index contributed by atoms with van der Waals surface area (Å²) in [5.74, 6) is 1.17. The number of piperidine rings is 1. The number of hydrogen-bond donors (Lipinski definition) is 2. The lowest BCUT2D eigenvalue weighted by Gasteiger charge is -2.41. The number of likely N-dealkylation sites (N-methyl/N-ethyl adjacent to an activating group) is 1. The van der Waals surface area contributed by atoms with Gasteiger partial charge < -0.3 is 19.9 Å². The first-order valence-corrected chi connectivity index (χ1v) is 11.2. The van der Waals surface area contributed by atoms with E-state index in [2.05, 4.69) is 10.2 Å². The molecule has 2 aliphatic rings. The number of methoxy groups -OCH3 is 2. The molecule has 3 amide bonds. The first kappa shape index (κ1) is 22.9. The number of phenols is 1. The quantitative estimate of drug-likeness (QED) is 0.627. The van der Waals surface area contributed by atoms with Crippen LogP contribution in [0.5, 0.6) is 17.2 Å². The van der Waals surface area contributed by atoms with Gasteiger partial charge in [-0.25, -0.2) is 4.79 Å². The number of urea groups is 1. The summed E-state index contributed by atoms with van der Waals surface area (Å²) in [4.78, 5) is 29.3. The molecule has 176 valence electrons. The Morgan fingerprint density at radius 2 is 1.82 bits per heavy atom. The minimum Gasteiger partial charge on any atom is -0.504 e. The van der Waals surface area contributed by atoms with E-state index in [1.165, 1.54) is 12.0 Å². The summed E-state index contributed by atoms with van der Waals surface area (Å²) < 4.78 is 10.6. The topological polar surface area (TPSA) is 91.3 Å². The number of rotatable bonds is 7. The number of nitrogens with zero attached hydrogens (tertiary/aromatic N) is 2. The molecule has 8 heteroatoms. The Balaban J connectivity index is 1.50. The molecule has 0 aromatic heterocycles. The number of aromatic hydroxyl groups is 1. The number of likely N-dealkylation sites (tertiary alicyclic amines) is 1. The highest BCUT2D eigenvalue weighted by Gasteiger charge is 2.54. The van der Waals surface area contributed by atoms with Gasteiger partial charge in [0.2, 0.25) is 0 Å². The Morgan fingerprint density at radius 3 is 2.45 bits per heavy atom. The normalized spacial score (nSPS) is 21.8. The number of benzene rings is 2. The highest BCUT2D eigenvalue weighted by molar-refractivity contribution is 6.07. The van der Waals surface area contributed by atoms with Crippen LogP contribution in [-0.2, 0) is 17.8 Å². The fraction of sp³-hybridized carbons (Fsp3) is 0.440. The van der Waals surface area contributed by atoms with Crippen LogP contribution in [0.25, 0.3) is 0 Å². The fourth-order valence-electron chi connectivity index (χ4n) is 5.03. The van der Waals surface area contributed by atoms with Crippen molar-refractivity contribution in [2.45, 2.75) is 31.3 Å². The monoisotopic (exact) mass is 453 g/mol.